The zero-order valence-electron chi connectivity index (χ0n) is 25.6. The Morgan fingerprint density at radius 2 is 1.84 bits per heavy atom. The summed E-state index contributed by atoms with van der Waals surface area (Å²) in [6.07, 6.45) is 10.2. The van der Waals surface area contributed by atoms with E-state index in [-0.39, 0.29) is 23.9 Å². The predicted molar refractivity (Wildman–Crippen MR) is 175 cm³/mol. The van der Waals surface area contributed by atoms with E-state index in [0.29, 0.717) is 46.5 Å². The highest BCUT2D eigenvalue weighted by atomic mass is 16.4. The molecule has 2 saturated heterocycles. The molecule has 2 amide bonds. The van der Waals surface area contributed by atoms with Crippen LogP contribution in [0.25, 0.3) is 33.3 Å². The van der Waals surface area contributed by atoms with Gasteiger partial charge in [-0.15, -0.1) is 0 Å². The summed E-state index contributed by atoms with van der Waals surface area (Å²) >= 11 is 0. The van der Waals surface area contributed by atoms with E-state index in [1.54, 1.807) is 6.08 Å². The number of nitrogens with zero attached hydrogens (tertiary/aromatic N) is 6. The van der Waals surface area contributed by atoms with Gasteiger partial charge >= 0.3 is 6.01 Å². The molecule has 0 saturated carbocycles. The van der Waals surface area contributed by atoms with Gasteiger partial charge in [0.1, 0.15) is 17.5 Å². The van der Waals surface area contributed by atoms with Crippen LogP contribution in [0, 0.1) is 6.92 Å². The van der Waals surface area contributed by atoms with Crippen LogP contribution in [-0.4, -0.2) is 80.9 Å². The van der Waals surface area contributed by atoms with E-state index in [0.717, 1.165) is 37.2 Å². The maximum atomic E-state index is 13.6. The predicted octanol–water partition coefficient (Wildman–Crippen LogP) is 4.80. The number of anilines is 1. The fourth-order valence-corrected chi connectivity index (χ4v) is 6.19. The number of oxazole rings is 1. The van der Waals surface area contributed by atoms with E-state index >= 15 is 0 Å². The van der Waals surface area contributed by atoms with E-state index in [1.165, 1.54) is 26.2 Å². The average Bonchev–Trinajstić information content (AvgIpc) is 3.88. The third-order valence-corrected chi connectivity index (χ3v) is 8.45. The summed E-state index contributed by atoms with van der Waals surface area (Å²) in [6.45, 7) is 6.08. The molecule has 0 spiro atoms. The first-order valence-corrected chi connectivity index (χ1v) is 15.4. The van der Waals surface area contributed by atoms with Gasteiger partial charge in [0.25, 0.3) is 5.91 Å². The number of benzene rings is 2. The molecule has 2 aliphatic heterocycles. The zero-order valence-corrected chi connectivity index (χ0v) is 25.6. The van der Waals surface area contributed by atoms with Gasteiger partial charge in [-0.2, -0.15) is 4.98 Å². The number of hydrogen-bond acceptors (Lipinski definition) is 8. The lowest BCUT2D eigenvalue weighted by atomic mass is 10.1. The number of rotatable bonds is 7. The molecule has 2 fully saturated rings. The van der Waals surface area contributed by atoms with Crippen molar-refractivity contribution in [1.82, 2.24) is 29.3 Å². The quantitative estimate of drug-likeness (QED) is 0.252. The van der Waals surface area contributed by atoms with Gasteiger partial charge in [-0.3, -0.25) is 19.8 Å². The summed E-state index contributed by atoms with van der Waals surface area (Å²) in [4.78, 5) is 44.2. The summed E-state index contributed by atoms with van der Waals surface area (Å²) in [5.74, 6) is -0.333. The Labute approximate surface area is 261 Å². The SMILES string of the molecule is CN.Cc1ncnc2c1c(C(=O)Nc1nc3cc(-c4ccccc4)ccc3o1)cn2[C@@H]1CCN(C(=O)/C=C/CN2CCCC2)C1. The molecule has 5 heterocycles. The van der Waals surface area contributed by atoms with Crippen LogP contribution in [-0.2, 0) is 4.79 Å². The second kappa shape index (κ2) is 13.4. The Morgan fingerprint density at radius 1 is 1.04 bits per heavy atom. The van der Waals surface area contributed by atoms with Crippen LogP contribution in [0.5, 0.6) is 0 Å². The first-order valence-electron chi connectivity index (χ1n) is 15.4. The molecule has 1 atom stereocenters. The number of aryl methyl sites for hydroxylation is 1. The molecule has 0 aliphatic carbocycles. The minimum atomic E-state index is -0.354. The Balaban J connectivity index is 0.00000175. The Kier molecular flexibility index (Phi) is 8.99. The molecule has 5 aromatic rings. The maximum absolute atomic E-state index is 13.6. The Morgan fingerprint density at radius 3 is 2.64 bits per heavy atom. The largest absolute Gasteiger partial charge is 0.423 e. The third kappa shape index (κ3) is 6.36. The molecule has 232 valence electrons. The van der Waals surface area contributed by atoms with Crippen molar-refractivity contribution >= 4 is 40.0 Å². The molecule has 45 heavy (non-hydrogen) atoms. The number of aromatic nitrogens is 4. The van der Waals surface area contributed by atoms with Crippen LogP contribution in [0.4, 0.5) is 6.01 Å². The number of carbonyl (C=O) groups is 2. The van der Waals surface area contributed by atoms with E-state index in [1.807, 2.05) is 77.2 Å². The maximum Gasteiger partial charge on any atom is 0.302 e. The Hall–Kier alpha value is -4.87. The summed E-state index contributed by atoms with van der Waals surface area (Å²) in [7, 11) is 1.50. The van der Waals surface area contributed by atoms with Gasteiger partial charge in [-0.05, 0) is 69.6 Å². The lowest BCUT2D eigenvalue weighted by molar-refractivity contribution is -0.125. The van der Waals surface area contributed by atoms with E-state index in [9.17, 15) is 9.59 Å². The lowest BCUT2D eigenvalue weighted by Crippen LogP contribution is -2.28. The number of nitrogens with two attached hydrogens (primary N) is 1. The van der Waals surface area contributed by atoms with Crippen molar-refractivity contribution in [2.75, 3.05) is 45.1 Å². The highest BCUT2D eigenvalue weighted by Gasteiger charge is 2.30. The molecule has 2 aliphatic rings. The summed E-state index contributed by atoms with van der Waals surface area (Å²) in [5.41, 5.74) is 9.65. The summed E-state index contributed by atoms with van der Waals surface area (Å²) in [5, 5.41) is 3.52. The molecule has 2 aromatic carbocycles. The van der Waals surface area contributed by atoms with Crippen molar-refractivity contribution in [3.05, 3.63) is 84.5 Å². The molecule has 0 radical (unpaired) electrons. The van der Waals surface area contributed by atoms with Gasteiger partial charge in [0.05, 0.1) is 22.7 Å². The van der Waals surface area contributed by atoms with Gasteiger partial charge < -0.3 is 19.6 Å². The normalized spacial score (nSPS) is 16.9. The third-order valence-electron chi connectivity index (χ3n) is 8.45. The standard InChI is InChI=1S/C33H33N7O3.CH5N/c1-22-30-26(32(42)37-33-36-27-18-24(11-12-28(27)43-33)23-8-3-2-4-9-23)20-40(31(30)35-21-34-22)25-13-17-39(19-25)29(41)10-7-16-38-14-5-6-15-38;1-2/h2-4,7-12,18,20-21,25H,5-6,13-17,19H2,1H3,(H,36,37,42);2H2,1H3/b10-7+;/t25-;/m1./s1. The fourth-order valence-electron chi connectivity index (χ4n) is 6.19. The number of fused-ring (bicyclic) bond motifs is 2. The summed E-state index contributed by atoms with van der Waals surface area (Å²) < 4.78 is 7.88. The topological polar surface area (TPSA) is 135 Å². The highest BCUT2D eigenvalue weighted by molar-refractivity contribution is 6.12. The second-order valence-electron chi connectivity index (χ2n) is 11.3. The zero-order chi connectivity index (χ0) is 31.3. The molecule has 3 N–H and O–H groups in total. The van der Waals surface area contributed by atoms with Crippen molar-refractivity contribution in [3.63, 3.8) is 0 Å². The van der Waals surface area contributed by atoms with Gasteiger partial charge in [0.15, 0.2) is 5.58 Å². The second-order valence-corrected chi connectivity index (χ2v) is 11.3. The van der Waals surface area contributed by atoms with Gasteiger partial charge in [-0.1, -0.05) is 42.5 Å². The van der Waals surface area contributed by atoms with E-state index in [2.05, 4.69) is 30.9 Å². The molecule has 0 bridgehead atoms. The molecular weight excluding hydrogens is 568 g/mol. The summed E-state index contributed by atoms with van der Waals surface area (Å²) in [6, 6.07) is 15.9. The van der Waals surface area contributed by atoms with Crippen molar-refractivity contribution in [2.24, 2.45) is 5.73 Å². The molecule has 11 heteroatoms. The van der Waals surface area contributed by atoms with E-state index in [4.69, 9.17) is 4.42 Å². The van der Waals surface area contributed by atoms with Crippen molar-refractivity contribution in [2.45, 2.75) is 32.2 Å². The van der Waals surface area contributed by atoms with Crippen LogP contribution in [0.3, 0.4) is 0 Å². The number of nitrogens with one attached hydrogen (secondary N) is 1. The molecule has 3 aromatic heterocycles. The van der Waals surface area contributed by atoms with Gasteiger partial charge in [-0.25, -0.2) is 9.97 Å². The number of likely N-dealkylation sites (tertiary alicyclic amines) is 2. The van der Waals surface area contributed by atoms with Gasteiger partial charge in [0.2, 0.25) is 5.91 Å². The monoisotopic (exact) mass is 606 g/mol. The lowest BCUT2D eigenvalue weighted by Gasteiger charge is -2.16. The molecular formula is C34H38N8O3. The van der Waals surface area contributed by atoms with Crippen molar-refractivity contribution < 1.29 is 14.0 Å². The van der Waals surface area contributed by atoms with Crippen molar-refractivity contribution in [1.29, 1.82) is 0 Å². The molecule has 0 unspecified atom stereocenters. The van der Waals surface area contributed by atoms with Crippen LogP contribution in [0.2, 0.25) is 0 Å². The van der Waals surface area contributed by atoms with Crippen molar-refractivity contribution in [3.8, 4) is 11.1 Å². The van der Waals surface area contributed by atoms with Crippen LogP contribution < -0.4 is 11.1 Å². The van der Waals surface area contributed by atoms with Crippen LogP contribution in [0.1, 0.15) is 41.4 Å². The molecule has 7 rings (SSSR count). The van der Waals surface area contributed by atoms with Crippen LogP contribution in [0.15, 0.2) is 77.6 Å². The fraction of sp³-hybridized carbons (Fsp3) is 0.324. The molecule has 11 nitrogen and oxygen atoms in total. The first-order chi connectivity index (χ1) is 22.0. The van der Waals surface area contributed by atoms with E-state index < -0.39 is 0 Å². The first kappa shape index (κ1) is 30.2. The minimum Gasteiger partial charge on any atom is -0.423 e. The minimum absolute atomic E-state index is 0.00462. The number of carbonyl (C=O) groups excluding carboxylic acids is 2. The smallest absolute Gasteiger partial charge is 0.302 e. The highest BCUT2D eigenvalue weighted by Crippen LogP contribution is 2.31. The average molecular weight is 607 g/mol. The number of hydrogen-bond donors (Lipinski definition) is 2. The van der Waals surface area contributed by atoms with Gasteiger partial charge in [0, 0.05) is 31.9 Å². The number of amides is 2. The Bertz CT molecular complexity index is 1840. The van der Waals surface area contributed by atoms with Crippen LogP contribution >= 0.6 is 0 Å².